The van der Waals surface area contributed by atoms with Gasteiger partial charge in [-0.15, -0.1) is 0 Å². The van der Waals surface area contributed by atoms with E-state index in [0.29, 0.717) is 0 Å². The molecule has 1 N–H and O–H groups in total. The lowest BCUT2D eigenvalue weighted by atomic mass is 10.2. The van der Waals surface area contributed by atoms with Crippen LogP contribution < -0.4 is 0 Å². The Morgan fingerprint density at radius 2 is 2.29 bits per heavy atom. The minimum atomic E-state index is -2.77. The first-order valence-electron chi connectivity index (χ1n) is 4.51. The number of hydrogen-bond donors (Lipinski definition) is 1. The van der Waals surface area contributed by atoms with Gasteiger partial charge in [-0.25, -0.2) is 13.6 Å². The molecule has 0 atom stereocenters. The zero-order valence-corrected chi connectivity index (χ0v) is 8.59. The molecule has 0 saturated heterocycles. The van der Waals surface area contributed by atoms with E-state index >= 15 is 0 Å². The van der Waals surface area contributed by atoms with Crippen molar-refractivity contribution in [2.75, 3.05) is 0 Å². The van der Waals surface area contributed by atoms with E-state index in [0.717, 1.165) is 6.07 Å². The third-order valence-electron chi connectivity index (χ3n) is 2.06. The Hall–Kier alpha value is -2.25. The normalized spacial score (nSPS) is 11.1. The molecule has 2 rings (SSSR count). The van der Waals surface area contributed by atoms with Crippen LogP contribution >= 0.6 is 0 Å². The maximum Gasteiger partial charge on any atom is 0.358 e. The van der Waals surface area contributed by atoms with Crippen molar-refractivity contribution in [3.63, 3.8) is 0 Å². The van der Waals surface area contributed by atoms with Gasteiger partial charge in [0.25, 0.3) is 6.43 Å². The van der Waals surface area contributed by atoms with E-state index < -0.39 is 18.1 Å². The number of halogens is 2. The SMILES string of the molecule is Cn1cc(-c2cc(C(=O)O)no2)c(C(F)F)n1. The zero-order valence-electron chi connectivity index (χ0n) is 8.59. The molecule has 0 aliphatic heterocycles. The Balaban J connectivity index is 2.48. The molecule has 0 aliphatic rings. The molecular weight excluding hydrogens is 236 g/mol. The van der Waals surface area contributed by atoms with Gasteiger partial charge in [0.2, 0.25) is 0 Å². The largest absolute Gasteiger partial charge is 0.476 e. The van der Waals surface area contributed by atoms with Gasteiger partial charge >= 0.3 is 5.97 Å². The van der Waals surface area contributed by atoms with E-state index in [4.69, 9.17) is 9.63 Å². The van der Waals surface area contributed by atoms with Crippen LogP contribution in [0.15, 0.2) is 16.8 Å². The fourth-order valence-electron chi connectivity index (χ4n) is 1.36. The van der Waals surface area contributed by atoms with Gasteiger partial charge in [0.05, 0.1) is 5.56 Å². The topological polar surface area (TPSA) is 81.2 Å². The molecule has 6 nitrogen and oxygen atoms in total. The lowest BCUT2D eigenvalue weighted by molar-refractivity contribution is 0.0685. The number of carboxylic acids is 1. The van der Waals surface area contributed by atoms with Gasteiger partial charge in [-0.05, 0) is 0 Å². The van der Waals surface area contributed by atoms with Crippen molar-refractivity contribution in [3.05, 3.63) is 23.7 Å². The van der Waals surface area contributed by atoms with Crippen LogP contribution in [0, 0.1) is 0 Å². The Bertz CT molecular complexity index is 562. The summed E-state index contributed by atoms with van der Waals surface area (Å²) in [6.45, 7) is 0. The van der Waals surface area contributed by atoms with Gasteiger partial charge in [0.15, 0.2) is 11.5 Å². The second-order valence-electron chi connectivity index (χ2n) is 3.28. The Morgan fingerprint density at radius 3 is 2.82 bits per heavy atom. The minimum Gasteiger partial charge on any atom is -0.476 e. The highest BCUT2D eigenvalue weighted by Gasteiger charge is 2.22. The molecule has 0 unspecified atom stereocenters. The van der Waals surface area contributed by atoms with Gasteiger partial charge < -0.3 is 9.63 Å². The number of carboxylic acid groups (broad SMARTS) is 1. The van der Waals surface area contributed by atoms with Gasteiger partial charge in [-0.3, -0.25) is 4.68 Å². The summed E-state index contributed by atoms with van der Waals surface area (Å²) < 4.78 is 31.2. The average Bonchev–Trinajstić information content (AvgIpc) is 2.82. The summed E-state index contributed by atoms with van der Waals surface area (Å²) in [6.07, 6.45) is -1.46. The molecule has 0 bridgehead atoms. The molecule has 0 amide bonds. The predicted molar refractivity (Wildman–Crippen MR) is 50.6 cm³/mol. The third kappa shape index (κ3) is 2.01. The highest BCUT2D eigenvalue weighted by Crippen LogP contribution is 2.30. The highest BCUT2D eigenvalue weighted by atomic mass is 19.3. The molecule has 2 aromatic rings. The molecule has 0 aromatic carbocycles. The Morgan fingerprint density at radius 1 is 1.59 bits per heavy atom. The zero-order chi connectivity index (χ0) is 12.6. The van der Waals surface area contributed by atoms with Crippen LogP contribution in [-0.2, 0) is 7.05 Å². The van der Waals surface area contributed by atoms with E-state index in [-0.39, 0.29) is 17.0 Å². The molecular formula is C9H7F2N3O3. The number of hydrogen-bond acceptors (Lipinski definition) is 4. The first kappa shape index (κ1) is 11.2. The summed E-state index contributed by atoms with van der Waals surface area (Å²) in [5.41, 5.74) is -0.785. The Kier molecular flexibility index (Phi) is 2.62. The maximum atomic E-state index is 12.6. The molecule has 90 valence electrons. The molecule has 0 saturated carbocycles. The van der Waals surface area contributed by atoms with E-state index in [1.54, 1.807) is 0 Å². The van der Waals surface area contributed by atoms with Crippen molar-refractivity contribution < 1.29 is 23.2 Å². The van der Waals surface area contributed by atoms with Crippen LogP contribution in [0.4, 0.5) is 8.78 Å². The van der Waals surface area contributed by atoms with E-state index in [1.807, 2.05) is 0 Å². The smallest absolute Gasteiger partial charge is 0.358 e. The average molecular weight is 243 g/mol. The van der Waals surface area contributed by atoms with Crippen molar-refractivity contribution in [2.24, 2.45) is 7.05 Å². The summed E-state index contributed by atoms with van der Waals surface area (Å²) >= 11 is 0. The van der Waals surface area contributed by atoms with Crippen molar-refractivity contribution in [2.45, 2.75) is 6.43 Å². The monoisotopic (exact) mass is 243 g/mol. The number of rotatable bonds is 3. The lowest BCUT2D eigenvalue weighted by Gasteiger charge is -1.95. The Labute approximate surface area is 93.4 Å². The van der Waals surface area contributed by atoms with E-state index in [9.17, 15) is 13.6 Å². The first-order chi connectivity index (χ1) is 7.99. The van der Waals surface area contributed by atoms with Gasteiger partial charge in [0, 0.05) is 19.3 Å². The fourth-order valence-corrected chi connectivity index (χ4v) is 1.36. The van der Waals surface area contributed by atoms with Crippen molar-refractivity contribution in [3.8, 4) is 11.3 Å². The van der Waals surface area contributed by atoms with Crippen LogP contribution in [0.1, 0.15) is 22.6 Å². The van der Waals surface area contributed by atoms with Crippen LogP contribution in [0.25, 0.3) is 11.3 Å². The third-order valence-corrected chi connectivity index (χ3v) is 2.06. The molecule has 0 aliphatic carbocycles. The predicted octanol–water partition coefficient (Wildman–Crippen LogP) is 1.71. The van der Waals surface area contributed by atoms with Crippen LogP contribution in [-0.4, -0.2) is 26.0 Å². The second kappa shape index (κ2) is 3.96. The summed E-state index contributed by atoms with van der Waals surface area (Å²) in [7, 11) is 1.48. The van der Waals surface area contributed by atoms with E-state index in [2.05, 4.69) is 10.3 Å². The van der Waals surface area contributed by atoms with Gasteiger partial charge in [-0.1, -0.05) is 5.16 Å². The van der Waals surface area contributed by atoms with Crippen LogP contribution in [0.2, 0.25) is 0 Å². The van der Waals surface area contributed by atoms with Crippen molar-refractivity contribution in [1.29, 1.82) is 0 Å². The minimum absolute atomic E-state index is 0.0301. The molecule has 2 heterocycles. The summed E-state index contributed by atoms with van der Waals surface area (Å²) in [5, 5.41) is 15.5. The molecule has 0 spiro atoms. The molecule has 0 fully saturated rings. The van der Waals surface area contributed by atoms with Gasteiger partial charge in [-0.2, -0.15) is 5.10 Å². The molecule has 0 radical (unpaired) electrons. The number of nitrogens with zero attached hydrogens (tertiary/aromatic N) is 3. The quantitative estimate of drug-likeness (QED) is 0.887. The second-order valence-corrected chi connectivity index (χ2v) is 3.28. The van der Waals surface area contributed by atoms with Crippen molar-refractivity contribution >= 4 is 5.97 Å². The first-order valence-corrected chi connectivity index (χ1v) is 4.51. The van der Waals surface area contributed by atoms with Crippen molar-refractivity contribution in [1.82, 2.24) is 14.9 Å². The fraction of sp³-hybridized carbons (Fsp3) is 0.222. The standard InChI is InChI=1S/C9H7F2N3O3/c1-14-3-4(7(12-14)8(10)11)6-2-5(9(15)16)13-17-6/h2-3,8H,1H3,(H,15,16). The number of aromatic nitrogens is 3. The summed E-state index contributed by atoms with van der Waals surface area (Å²) in [5.74, 6) is -1.34. The number of aryl methyl sites for hydroxylation is 1. The summed E-state index contributed by atoms with van der Waals surface area (Å²) in [6, 6.07) is 1.07. The van der Waals surface area contributed by atoms with Crippen LogP contribution in [0.3, 0.4) is 0 Å². The molecule has 17 heavy (non-hydrogen) atoms. The van der Waals surface area contributed by atoms with Crippen LogP contribution in [0.5, 0.6) is 0 Å². The number of alkyl halides is 2. The highest BCUT2D eigenvalue weighted by molar-refractivity contribution is 5.86. The summed E-state index contributed by atoms with van der Waals surface area (Å²) in [4.78, 5) is 10.6. The molecule has 8 heteroatoms. The number of carbonyl (C=O) groups is 1. The molecule has 2 aromatic heterocycles. The maximum absolute atomic E-state index is 12.6. The van der Waals surface area contributed by atoms with Gasteiger partial charge in [0.1, 0.15) is 5.69 Å². The lowest BCUT2D eigenvalue weighted by Crippen LogP contribution is -1.94. The number of aromatic carboxylic acids is 1. The van der Waals surface area contributed by atoms with E-state index in [1.165, 1.54) is 17.9 Å².